The van der Waals surface area contributed by atoms with E-state index < -0.39 is 6.04 Å². The molecule has 2 heterocycles. The third-order valence-electron chi connectivity index (χ3n) is 8.42. The zero-order chi connectivity index (χ0) is 33.3. The lowest BCUT2D eigenvalue weighted by atomic mass is 9.97. The summed E-state index contributed by atoms with van der Waals surface area (Å²) in [7, 11) is 7.89. The van der Waals surface area contributed by atoms with Crippen LogP contribution < -0.4 is 23.7 Å². The highest BCUT2D eigenvalue weighted by Gasteiger charge is 2.36. The molecule has 0 aliphatic carbocycles. The molecule has 2 aliphatic rings. The number of carbonyl (C=O) groups excluding carboxylic acids is 2. The molecule has 2 aliphatic heterocycles. The quantitative estimate of drug-likeness (QED) is 0.273. The Balaban J connectivity index is 1.48. The average molecular weight is 647 g/mol. The first-order chi connectivity index (χ1) is 22.9. The van der Waals surface area contributed by atoms with Crippen LogP contribution in [0.4, 0.5) is 0 Å². The van der Waals surface area contributed by atoms with E-state index in [9.17, 15) is 9.59 Å². The predicted octanol–water partition coefficient (Wildman–Crippen LogP) is 3.88. The summed E-state index contributed by atoms with van der Waals surface area (Å²) in [4.78, 5) is 32.0. The minimum Gasteiger partial charge on any atom is -0.497 e. The molecule has 12 heteroatoms. The van der Waals surface area contributed by atoms with Crippen LogP contribution in [0.2, 0.25) is 0 Å². The van der Waals surface area contributed by atoms with Crippen LogP contribution in [0.3, 0.4) is 0 Å². The number of benzene rings is 3. The van der Waals surface area contributed by atoms with Gasteiger partial charge in [-0.15, -0.1) is 0 Å². The van der Waals surface area contributed by atoms with Gasteiger partial charge < -0.3 is 33.3 Å². The Morgan fingerprint density at radius 2 is 1.49 bits per heavy atom. The summed E-state index contributed by atoms with van der Waals surface area (Å²) in [5, 5.41) is 6.34. The SMILES string of the molecule is COc1ccc(C(=O)N(CCN2CCOCC2)CC(=O)N2N=C(c3ccc(OC)cc3OC)C[C@H]2c2ccc(OC)c(OC)c2)cc1. The molecule has 0 bridgehead atoms. The lowest BCUT2D eigenvalue weighted by molar-refractivity contribution is -0.133. The van der Waals surface area contributed by atoms with Gasteiger partial charge in [-0.1, -0.05) is 6.07 Å². The highest BCUT2D eigenvalue weighted by molar-refractivity contribution is 6.05. The minimum absolute atomic E-state index is 0.171. The Labute approximate surface area is 275 Å². The smallest absolute Gasteiger partial charge is 0.262 e. The number of rotatable bonds is 13. The van der Waals surface area contributed by atoms with E-state index in [2.05, 4.69) is 4.90 Å². The minimum atomic E-state index is -0.471. The third-order valence-corrected chi connectivity index (χ3v) is 8.42. The highest BCUT2D eigenvalue weighted by atomic mass is 16.5. The molecule has 3 aromatic carbocycles. The number of carbonyl (C=O) groups is 2. The number of ether oxygens (including phenoxy) is 6. The maximum atomic E-state index is 14.3. The molecule has 3 aromatic rings. The first-order valence-electron chi connectivity index (χ1n) is 15.5. The van der Waals surface area contributed by atoms with E-state index in [1.807, 2.05) is 30.3 Å². The Hall–Kier alpha value is -4.81. The van der Waals surface area contributed by atoms with Gasteiger partial charge in [0, 0.05) is 49.8 Å². The Kier molecular flexibility index (Phi) is 11.2. The van der Waals surface area contributed by atoms with Crippen LogP contribution in [0.25, 0.3) is 0 Å². The summed E-state index contributed by atoms with van der Waals surface area (Å²) in [5.41, 5.74) is 2.68. The number of nitrogens with zero attached hydrogens (tertiary/aromatic N) is 4. The van der Waals surface area contributed by atoms with Gasteiger partial charge in [-0.25, -0.2) is 5.01 Å². The summed E-state index contributed by atoms with van der Waals surface area (Å²) in [6, 6.07) is 17.5. The number of hydrogen-bond acceptors (Lipinski definition) is 10. The van der Waals surface area contributed by atoms with E-state index in [-0.39, 0.29) is 18.4 Å². The van der Waals surface area contributed by atoms with E-state index in [1.54, 1.807) is 70.8 Å². The number of hydrazone groups is 1. The monoisotopic (exact) mass is 646 g/mol. The van der Waals surface area contributed by atoms with Crippen molar-refractivity contribution < 1.29 is 38.0 Å². The molecule has 0 unspecified atom stereocenters. The van der Waals surface area contributed by atoms with Crippen molar-refractivity contribution in [2.75, 3.05) is 81.5 Å². The topological polar surface area (TPSA) is 112 Å². The van der Waals surface area contributed by atoms with Gasteiger partial charge in [0.2, 0.25) is 0 Å². The van der Waals surface area contributed by atoms with Crippen LogP contribution in [0, 0.1) is 0 Å². The summed E-state index contributed by atoms with van der Waals surface area (Å²) >= 11 is 0. The van der Waals surface area contributed by atoms with Gasteiger partial charge in [0.05, 0.1) is 60.5 Å². The fraction of sp³-hybridized carbons (Fsp3) is 0.400. The van der Waals surface area contributed by atoms with Gasteiger partial charge in [-0.3, -0.25) is 14.5 Å². The predicted molar refractivity (Wildman–Crippen MR) is 176 cm³/mol. The van der Waals surface area contributed by atoms with Gasteiger partial charge in [0.15, 0.2) is 11.5 Å². The van der Waals surface area contributed by atoms with E-state index in [1.165, 1.54) is 5.01 Å². The van der Waals surface area contributed by atoms with Crippen molar-refractivity contribution in [3.63, 3.8) is 0 Å². The molecular weight excluding hydrogens is 604 g/mol. The lowest BCUT2D eigenvalue weighted by Crippen LogP contribution is -2.46. The molecule has 0 radical (unpaired) electrons. The van der Waals surface area contributed by atoms with Crippen molar-refractivity contribution >= 4 is 17.5 Å². The maximum absolute atomic E-state index is 14.3. The zero-order valence-electron chi connectivity index (χ0n) is 27.6. The molecule has 47 heavy (non-hydrogen) atoms. The number of morpholine rings is 1. The molecule has 0 N–H and O–H groups in total. The van der Waals surface area contributed by atoms with Crippen LogP contribution in [0.1, 0.15) is 33.9 Å². The van der Waals surface area contributed by atoms with Crippen LogP contribution >= 0.6 is 0 Å². The number of hydrogen-bond donors (Lipinski definition) is 0. The first kappa shape index (κ1) is 33.6. The number of amides is 2. The molecular formula is C35H42N4O8. The molecule has 250 valence electrons. The third kappa shape index (κ3) is 7.78. The second-order valence-corrected chi connectivity index (χ2v) is 11.1. The van der Waals surface area contributed by atoms with Gasteiger partial charge in [0.25, 0.3) is 11.8 Å². The van der Waals surface area contributed by atoms with Crippen LogP contribution in [-0.4, -0.2) is 114 Å². The van der Waals surface area contributed by atoms with Crippen LogP contribution in [-0.2, 0) is 9.53 Å². The Morgan fingerprint density at radius 3 is 2.15 bits per heavy atom. The first-order valence-corrected chi connectivity index (χ1v) is 15.5. The van der Waals surface area contributed by atoms with Crippen molar-refractivity contribution in [3.05, 3.63) is 77.4 Å². The van der Waals surface area contributed by atoms with Crippen molar-refractivity contribution in [3.8, 4) is 28.7 Å². The van der Waals surface area contributed by atoms with Gasteiger partial charge in [-0.2, -0.15) is 5.10 Å². The Bertz CT molecular complexity index is 1570. The number of methoxy groups -OCH3 is 5. The largest absolute Gasteiger partial charge is 0.497 e. The average Bonchev–Trinajstić information content (AvgIpc) is 3.58. The summed E-state index contributed by atoms with van der Waals surface area (Å²) in [6.07, 6.45) is 0.407. The molecule has 0 spiro atoms. The lowest BCUT2D eigenvalue weighted by Gasteiger charge is -2.31. The van der Waals surface area contributed by atoms with E-state index in [4.69, 9.17) is 33.5 Å². The molecule has 0 aromatic heterocycles. The van der Waals surface area contributed by atoms with Crippen molar-refractivity contribution in [1.82, 2.24) is 14.8 Å². The van der Waals surface area contributed by atoms with Gasteiger partial charge in [0.1, 0.15) is 23.8 Å². The van der Waals surface area contributed by atoms with Crippen molar-refractivity contribution in [2.24, 2.45) is 5.10 Å². The highest BCUT2D eigenvalue weighted by Crippen LogP contribution is 2.39. The fourth-order valence-electron chi connectivity index (χ4n) is 5.75. The molecule has 2 amide bonds. The second kappa shape index (κ2) is 15.7. The zero-order valence-corrected chi connectivity index (χ0v) is 27.6. The fourth-order valence-corrected chi connectivity index (χ4v) is 5.75. The molecule has 5 rings (SSSR count). The molecule has 1 saturated heterocycles. The standard InChI is InChI=1S/C35H42N4O8/c1-42-26-9-6-24(7-10-26)35(41)38(15-14-37-16-18-47-19-17-37)23-34(40)39-30(25-8-13-31(44-3)33(20-25)46-5)22-29(36-39)28-12-11-27(43-2)21-32(28)45-4/h6-13,20-21,30H,14-19,22-23H2,1-5H3/t30-/m0/s1. The van der Waals surface area contributed by atoms with E-state index in [0.29, 0.717) is 72.7 Å². The summed E-state index contributed by atoms with van der Waals surface area (Å²) < 4.78 is 32.9. The maximum Gasteiger partial charge on any atom is 0.262 e. The van der Waals surface area contributed by atoms with E-state index in [0.717, 1.165) is 24.2 Å². The molecule has 1 atom stereocenters. The summed E-state index contributed by atoms with van der Waals surface area (Å²) in [5.74, 6) is 2.39. The Morgan fingerprint density at radius 1 is 0.809 bits per heavy atom. The van der Waals surface area contributed by atoms with Crippen LogP contribution in [0.15, 0.2) is 65.8 Å². The molecule has 1 fully saturated rings. The van der Waals surface area contributed by atoms with Crippen LogP contribution in [0.5, 0.6) is 28.7 Å². The van der Waals surface area contributed by atoms with Gasteiger partial charge in [-0.05, 0) is 54.1 Å². The van der Waals surface area contributed by atoms with Crippen molar-refractivity contribution in [1.29, 1.82) is 0 Å². The molecule has 0 saturated carbocycles. The summed E-state index contributed by atoms with van der Waals surface area (Å²) in [6.45, 7) is 3.60. The van der Waals surface area contributed by atoms with Gasteiger partial charge >= 0.3 is 0 Å². The van der Waals surface area contributed by atoms with Crippen molar-refractivity contribution in [2.45, 2.75) is 12.5 Å². The second-order valence-electron chi connectivity index (χ2n) is 11.1. The van der Waals surface area contributed by atoms with E-state index >= 15 is 0 Å². The molecule has 12 nitrogen and oxygen atoms in total. The normalized spacial score (nSPS) is 16.3.